The lowest BCUT2D eigenvalue weighted by molar-refractivity contribution is -0.145. The first kappa shape index (κ1) is 30.2. The second kappa shape index (κ2) is 12.5. The molecule has 2 aliphatic heterocycles. The van der Waals surface area contributed by atoms with E-state index >= 15 is 4.39 Å². The number of esters is 1. The maximum absolute atomic E-state index is 15.5. The van der Waals surface area contributed by atoms with Crippen LogP contribution in [0.2, 0.25) is 5.02 Å². The molecule has 3 heterocycles. The number of hydrogen-bond acceptors (Lipinski definition) is 6. The highest BCUT2D eigenvalue weighted by Gasteiger charge is 2.42. The van der Waals surface area contributed by atoms with Crippen molar-refractivity contribution in [3.8, 4) is 11.1 Å². The van der Waals surface area contributed by atoms with Crippen molar-refractivity contribution in [1.82, 2.24) is 14.7 Å². The largest absolute Gasteiger partial charge is 0.462 e. The normalized spacial score (nSPS) is 18.4. The summed E-state index contributed by atoms with van der Waals surface area (Å²) in [7, 11) is 0. The van der Waals surface area contributed by atoms with Gasteiger partial charge in [0.15, 0.2) is 5.69 Å². The Morgan fingerprint density at radius 3 is 2.45 bits per heavy atom. The molecule has 1 atom stereocenters. The van der Waals surface area contributed by atoms with E-state index in [1.54, 1.807) is 18.2 Å². The lowest BCUT2D eigenvalue weighted by Gasteiger charge is -2.37. The van der Waals surface area contributed by atoms with Crippen molar-refractivity contribution in [2.24, 2.45) is 0 Å². The average Bonchev–Trinajstić information content (AvgIpc) is 3.44. The van der Waals surface area contributed by atoms with E-state index in [-0.39, 0.29) is 19.0 Å². The van der Waals surface area contributed by atoms with E-state index in [2.05, 4.69) is 21.8 Å². The molecule has 1 aromatic heterocycles. The van der Waals surface area contributed by atoms with Crippen LogP contribution in [-0.4, -0.2) is 73.1 Å². The van der Waals surface area contributed by atoms with Gasteiger partial charge in [0, 0.05) is 55.5 Å². The highest BCUT2D eigenvalue weighted by Crippen LogP contribution is 2.40. The maximum Gasteiger partial charge on any atom is 0.433 e. The number of piperidine rings is 1. The van der Waals surface area contributed by atoms with E-state index in [4.69, 9.17) is 16.3 Å². The fraction of sp³-hybridized carbons (Fsp3) is 0.467. The Morgan fingerprint density at radius 2 is 1.79 bits per heavy atom. The maximum atomic E-state index is 15.5. The topological polar surface area (TPSA) is 53.8 Å². The first-order valence-electron chi connectivity index (χ1n) is 14.2. The number of likely N-dealkylation sites (N-methyl/N-ethyl adjacent to an activating group) is 1. The summed E-state index contributed by atoms with van der Waals surface area (Å²) in [5.74, 6) is -1.38. The number of halogens is 5. The lowest BCUT2D eigenvalue weighted by atomic mass is 9.98. The molecule has 2 saturated heterocycles. The zero-order valence-corrected chi connectivity index (χ0v) is 24.4. The number of nitrogens with zero attached hydrogens (tertiary/aromatic N) is 5. The molecule has 0 aliphatic carbocycles. The van der Waals surface area contributed by atoms with Crippen LogP contribution in [0.3, 0.4) is 0 Å². The summed E-state index contributed by atoms with van der Waals surface area (Å²) in [5.41, 5.74) is 0.913. The average molecular weight is 608 g/mol. The summed E-state index contributed by atoms with van der Waals surface area (Å²) < 4.78 is 63.7. The zero-order chi connectivity index (χ0) is 30.0. The van der Waals surface area contributed by atoms with Crippen molar-refractivity contribution in [3.63, 3.8) is 0 Å². The van der Waals surface area contributed by atoms with Crippen LogP contribution in [0.25, 0.3) is 11.1 Å². The predicted molar refractivity (Wildman–Crippen MR) is 155 cm³/mol. The first-order chi connectivity index (χ1) is 20.1. The molecule has 226 valence electrons. The van der Waals surface area contributed by atoms with Crippen LogP contribution in [0.1, 0.15) is 48.8 Å². The van der Waals surface area contributed by atoms with E-state index in [0.29, 0.717) is 41.3 Å². The molecule has 12 heteroatoms. The van der Waals surface area contributed by atoms with E-state index in [0.717, 1.165) is 49.2 Å². The molecule has 3 aromatic rings. The molecule has 0 radical (unpaired) electrons. The van der Waals surface area contributed by atoms with Gasteiger partial charge in [-0.25, -0.2) is 9.18 Å². The van der Waals surface area contributed by atoms with Gasteiger partial charge in [-0.3, -0.25) is 4.68 Å². The second-order valence-corrected chi connectivity index (χ2v) is 11.0. The van der Waals surface area contributed by atoms with Crippen molar-refractivity contribution in [2.45, 2.75) is 38.9 Å². The van der Waals surface area contributed by atoms with Gasteiger partial charge in [0.2, 0.25) is 0 Å². The van der Waals surface area contributed by atoms with Gasteiger partial charge in [0.05, 0.1) is 24.5 Å². The quantitative estimate of drug-likeness (QED) is 0.225. The predicted octanol–water partition coefficient (Wildman–Crippen LogP) is 6.52. The van der Waals surface area contributed by atoms with Crippen LogP contribution >= 0.6 is 11.6 Å². The summed E-state index contributed by atoms with van der Waals surface area (Å²) in [6.45, 7) is 8.58. The zero-order valence-electron chi connectivity index (χ0n) is 23.6. The van der Waals surface area contributed by atoms with Crippen molar-refractivity contribution in [3.05, 3.63) is 64.7 Å². The number of carbonyl (C=O) groups excluding carboxylic acids is 1. The van der Waals surface area contributed by atoms with E-state index in [1.165, 1.54) is 13.0 Å². The minimum Gasteiger partial charge on any atom is -0.462 e. The molecule has 0 saturated carbocycles. The minimum absolute atomic E-state index is 0.0485. The molecule has 7 nitrogen and oxygen atoms in total. The Hall–Kier alpha value is -3.31. The van der Waals surface area contributed by atoms with Crippen molar-refractivity contribution < 1.29 is 27.1 Å². The van der Waals surface area contributed by atoms with Crippen molar-refractivity contribution in [2.75, 3.05) is 62.2 Å². The number of carbonyl (C=O) groups is 1. The summed E-state index contributed by atoms with van der Waals surface area (Å²) in [6.07, 6.45) is -2.85. The molecule has 0 amide bonds. The number of aromatic nitrogens is 2. The summed E-state index contributed by atoms with van der Waals surface area (Å²) in [5, 5.41) is 4.46. The van der Waals surface area contributed by atoms with E-state index in [9.17, 15) is 18.0 Å². The molecule has 2 aromatic carbocycles. The van der Waals surface area contributed by atoms with Crippen LogP contribution < -0.4 is 9.80 Å². The van der Waals surface area contributed by atoms with Crippen LogP contribution in [-0.2, 0) is 10.9 Å². The number of alkyl halides is 3. The third-order valence-electron chi connectivity index (χ3n) is 8.02. The van der Waals surface area contributed by atoms with Crippen LogP contribution in [0.15, 0.2) is 42.6 Å². The summed E-state index contributed by atoms with van der Waals surface area (Å²) >= 11 is 6.38. The second-order valence-electron chi connectivity index (χ2n) is 10.6. The van der Waals surface area contributed by atoms with E-state index < -0.39 is 29.4 Å². The Kier molecular flexibility index (Phi) is 8.98. The number of piperazine rings is 1. The number of hydrogen-bond donors (Lipinski definition) is 0. The number of rotatable bonds is 7. The van der Waals surface area contributed by atoms with Gasteiger partial charge in [-0.15, -0.1) is 0 Å². The molecule has 0 bridgehead atoms. The van der Waals surface area contributed by atoms with Gasteiger partial charge in [-0.1, -0.05) is 30.7 Å². The number of benzene rings is 2. The number of ether oxygens (including phenoxy) is 1. The monoisotopic (exact) mass is 607 g/mol. The van der Waals surface area contributed by atoms with Gasteiger partial charge in [-0.2, -0.15) is 18.3 Å². The van der Waals surface area contributed by atoms with Crippen LogP contribution in [0, 0.1) is 5.82 Å². The Labute approximate surface area is 247 Å². The molecule has 0 N–H and O–H groups in total. The minimum atomic E-state index is -4.80. The van der Waals surface area contributed by atoms with Gasteiger partial charge >= 0.3 is 12.1 Å². The molecule has 2 fully saturated rings. The highest BCUT2D eigenvalue weighted by atomic mass is 35.5. The Balaban J connectivity index is 1.44. The fourth-order valence-electron chi connectivity index (χ4n) is 5.90. The number of anilines is 2. The third-order valence-corrected chi connectivity index (χ3v) is 8.26. The molecular weight excluding hydrogens is 574 g/mol. The molecule has 5 rings (SSSR count). The SMILES string of the molecule is CCOC(=O)c1cnn(C2CCCN(c3cc(Cl)ccc3-c3ccc(N4CCN(CC)CC4)c(F)c3)C2)c1C(F)(F)F. The van der Waals surface area contributed by atoms with E-state index in [1.807, 2.05) is 17.0 Å². The van der Waals surface area contributed by atoms with Crippen molar-refractivity contribution >= 4 is 28.9 Å². The molecule has 2 aliphatic rings. The van der Waals surface area contributed by atoms with Crippen molar-refractivity contribution in [1.29, 1.82) is 0 Å². The smallest absolute Gasteiger partial charge is 0.433 e. The van der Waals surface area contributed by atoms with Crippen LogP contribution in [0.5, 0.6) is 0 Å². The van der Waals surface area contributed by atoms with Gasteiger partial charge in [-0.05, 0) is 56.1 Å². The van der Waals surface area contributed by atoms with Gasteiger partial charge in [0.25, 0.3) is 0 Å². The Morgan fingerprint density at radius 1 is 1.02 bits per heavy atom. The fourth-order valence-corrected chi connectivity index (χ4v) is 6.07. The van der Waals surface area contributed by atoms with Gasteiger partial charge in [0.1, 0.15) is 11.4 Å². The molecule has 42 heavy (non-hydrogen) atoms. The molecule has 0 spiro atoms. The van der Waals surface area contributed by atoms with Gasteiger partial charge < -0.3 is 19.4 Å². The lowest BCUT2D eigenvalue weighted by Crippen LogP contribution is -2.46. The summed E-state index contributed by atoms with van der Waals surface area (Å²) in [4.78, 5) is 18.6. The molecular formula is C30H34ClF4N5O2. The standard InChI is InChI=1S/C30H34ClF4N5O2/c1-3-37-12-14-38(15-13-37)26-10-7-20(16-25(26)32)23-9-8-21(31)17-27(23)39-11-5-6-22(19-39)40-28(30(33,34)35)24(18-36-40)29(41)42-4-2/h7-10,16-18,22H,3-6,11-15,19H2,1-2H3. The van der Waals surface area contributed by atoms with Crippen LogP contribution in [0.4, 0.5) is 28.9 Å². The first-order valence-corrected chi connectivity index (χ1v) is 14.6. The highest BCUT2D eigenvalue weighted by molar-refractivity contribution is 6.31. The Bertz CT molecular complexity index is 1420. The summed E-state index contributed by atoms with van der Waals surface area (Å²) in [6, 6.07) is 9.80. The third kappa shape index (κ3) is 6.22. The molecule has 1 unspecified atom stereocenters.